The highest BCUT2D eigenvalue weighted by Gasteiger charge is 2.31. The Kier molecular flexibility index (Phi) is 9.65. The number of anilines is 4. The van der Waals surface area contributed by atoms with Crippen LogP contribution in [0.1, 0.15) is 39.5 Å². The number of nitrogens with one attached hydrogen (secondary N) is 2. The number of likely N-dealkylation sites (tertiary alicyclic amines) is 1. The van der Waals surface area contributed by atoms with E-state index in [4.69, 9.17) is 9.47 Å². The van der Waals surface area contributed by atoms with Gasteiger partial charge in [-0.05, 0) is 49.0 Å². The number of amides is 1. The number of carbonyl (C=O) groups excluding carboxylic acids is 1. The van der Waals surface area contributed by atoms with Crippen LogP contribution in [0.4, 0.5) is 27.5 Å². The number of carbonyl (C=O) groups is 1. The van der Waals surface area contributed by atoms with Crippen LogP contribution < -0.4 is 25.0 Å². The monoisotopic (exact) mass is 640 g/mol. The summed E-state index contributed by atoms with van der Waals surface area (Å²) in [5.74, 6) is 3.07. The molecule has 2 aliphatic heterocycles. The minimum Gasteiger partial charge on any atom is -0.495 e. The first-order valence-corrected chi connectivity index (χ1v) is 16.2. The highest BCUT2D eigenvalue weighted by Crippen LogP contribution is 2.36. The summed E-state index contributed by atoms with van der Waals surface area (Å²) in [6, 6.07) is 10.2. The summed E-state index contributed by atoms with van der Waals surface area (Å²) in [6.45, 7) is 11.2. The third-order valence-corrected chi connectivity index (χ3v) is 9.24. The molecule has 4 heterocycles. The molecule has 11 nitrogen and oxygen atoms in total. The molecule has 2 atom stereocenters. The minimum atomic E-state index is -0.507. The van der Waals surface area contributed by atoms with Gasteiger partial charge in [-0.15, -0.1) is 0 Å². The predicted molar refractivity (Wildman–Crippen MR) is 181 cm³/mol. The van der Waals surface area contributed by atoms with Crippen molar-refractivity contribution >= 4 is 40.0 Å². The highest BCUT2D eigenvalue weighted by molar-refractivity contribution is 5.95. The van der Waals surface area contributed by atoms with E-state index < -0.39 is 5.82 Å². The smallest absolute Gasteiger partial charge is 0.245 e. The molecular formula is C35H41FN8O3. The van der Waals surface area contributed by atoms with Crippen LogP contribution in [-0.2, 0) is 4.79 Å². The molecule has 2 N–H and O–H groups in total. The van der Waals surface area contributed by atoms with Crippen LogP contribution in [0.25, 0.3) is 10.9 Å². The SMILES string of the molecule is C=CC(=O)N1CCC(Nc2cc3c(Nc4ccc(Oc5ccnc(N6C[C@@H](CC)[C@@H](CC)C6)n5)cc4F)ncnc3cc2OC)CC1. The van der Waals surface area contributed by atoms with Gasteiger partial charge < -0.3 is 29.9 Å². The molecule has 0 spiro atoms. The fourth-order valence-electron chi connectivity index (χ4n) is 6.54. The maximum absolute atomic E-state index is 15.5. The molecule has 0 saturated carbocycles. The molecule has 2 aliphatic rings. The van der Waals surface area contributed by atoms with E-state index in [0.29, 0.717) is 65.0 Å². The third kappa shape index (κ3) is 7.06. The molecule has 2 aromatic heterocycles. The lowest BCUT2D eigenvalue weighted by Crippen LogP contribution is -2.41. The summed E-state index contributed by atoms with van der Waals surface area (Å²) in [5.41, 5.74) is 1.65. The topological polar surface area (TPSA) is 118 Å². The van der Waals surface area contributed by atoms with Crippen LogP contribution in [0.3, 0.4) is 0 Å². The quantitative estimate of drug-likeness (QED) is 0.175. The Morgan fingerprint density at radius 3 is 2.49 bits per heavy atom. The van der Waals surface area contributed by atoms with Gasteiger partial charge in [0.2, 0.25) is 17.7 Å². The lowest BCUT2D eigenvalue weighted by molar-refractivity contribution is -0.126. The number of benzene rings is 2. The first kappa shape index (κ1) is 32.0. The summed E-state index contributed by atoms with van der Waals surface area (Å²) >= 11 is 0. The van der Waals surface area contributed by atoms with E-state index in [1.165, 1.54) is 18.5 Å². The molecule has 246 valence electrons. The van der Waals surface area contributed by atoms with Crippen molar-refractivity contribution in [2.45, 2.75) is 45.6 Å². The van der Waals surface area contributed by atoms with Crippen LogP contribution in [0, 0.1) is 17.7 Å². The van der Waals surface area contributed by atoms with Gasteiger partial charge in [-0.2, -0.15) is 4.98 Å². The fourth-order valence-corrected chi connectivity index (χ4v) is 6.54. The second-order valence-corrected chi connectivity index (χ2v) is 12.0. The lowest BCUT2D eigenvalue weighted by atomic mass is 9.92. The van der Waals surface area contributed by atoms with Crippen LogP contribution in [0.5, 0.6) is 17.4 Å². The predicted octanol–water partition coefficient (Wildman–Crippen LogP) is 6.56. The van der Waals surface area contributed by atoms with Gasteiger partial charge in [-0.25, -0.2) is 19.3 Å². The average molecular weight is 641 g/mol. The van der Waals surface area contributed by atoms with Crippen molar-refractivity contribution in [3.05, 3.63) is 67.4 Å². The number of rotatable bonds is 11. The number of methoxy groups -OCH3 is 1. The maximum atomic E-state index is 15.5. The van der Waals surface area contributed by atoms with Crippen LogP contribution in [-0.4, -0.2) is 70.1 Å². The molecule has 0 aliphatic carbocycles. The second-order valence-electron chi connectivity index (χ2n) is 12.0. The van der Waals surface area contributed by atoms with Gasteiger partial charge in [0.1, 0.15) is 29.5 Å². The Bertz CT molecular complexity index is 1730. The molecule has 0 unspecified atom stereocenters. The number of nitrogens with zero attached hydrogens (tertiary/aromatic N) is 6. The third-order valence-electron chi connectivity index (χ3n) is 9.24. The number of piperidine rings is 1. The van der Waals surface area contributed by atoms with Crippen molar-refractivity contribution < 1.29 is 18.7 Å². The Labute approximate surface area is 274 Å². The molecule has 2 aromatic carbocycles. The number of fused-ring (bicyclic) bond motifs is 1. The van der Waals surface area contributed by atoms with E-state index in [1.807, 2.05) is 12.1 Å². The number of hydrogen-bond acceptors (Lipinski definition) is 10. The lowest BCUT2D eigenvalue weighted by Gasteiger charge is -2.32. The van der Waals surface area contributed by atoms with E-state index in [9.17, 15) is 4.79 Å². The number of ether oxygens (including phenoxy) is 2. The largest absolute Gasteiger partial charge is 0.495 e. The van der Waals surface area contributed by atoms with Crippen molar-refractivity contribution in [3.8, 4) is 17.4 Å². The molecule has 12 heteroatoms. The number of hydrogen-bond donors (Lipinski definition) is 2. The zero-order valence-electron chi connectivity index (χ0n) is 27.1. The van der Waals surface area contributed by atoms with Gasteiger partial charge in [-0.1, -0.05) is 33.3 Å². The first-order valence-electron chi connectivity index (χ1n) is 16.2. The Morgan fingerprint density at radius 1 is 1.04 bits per heavy atom. The van der Waals surface area contributed by atoms with Gasteiger partial charge >= 0.3 is 0 Å². The van der Waals surface area contributed by atoms with Gasteiger partial charge in [0.25, 0.3) is 0 Å². The van der Waals surface area contributed by atoms with Crippen molar-refractivity contribution in [1.29, 1.82) is 0 Å². The number of halogens is 1. The maximum Gasteiger partial charge on any atom is 0.245 e. The van der Waals surface area contributed by atoms with Crippen molar-refractivity contribution in [1.82, 2.24) is 24.8 Å². The minimum absolute atomic E-state index is 0.0534. The standard InChI is InChI=1S/C35H41FN8O3/c1-5-22-19-44(20-23(22)6-2)35-37-13-10-32(42-35)47-25-8-9-28(27(36)16-25)41-34-26-17-30(31(46-4)18-29(26)38-21-39-34)40-24-11-14-43(15-12-24)33(45)7-3/h7-10,13,16-18,21-24,40H,3,5-6,11-12,14-15,19-20H2,1-2,4H3,(H,38,39,41)/t22-,23+. The molecule has 2 fully saturated rings. The van der Waals surface area contributed by atoms with Gasteiger partial charge in [0.05, 0.1) is 24.0 Å². The van der Waals surface area contributed by atoms with Crippen molar-refractivity contribution in [2.24, 2.45) is 11.8 Å². The van der Waals surface area contributed by atoms with E-state index in [-0.39, 0.29) is 17.6 Å². The Balaban J connectivity index is 1.17. The van der Waals surface area contributed by atoms with E-state index in [0.717, 1.165) is 44.5 Å². The number of aromatic nitrogens is 4. The zero-order chi connectivity index (χ0) is 32.9. The molecule has 47 heavy (non-hydrogen) atoms. The van der Waals surface area contributed by atoms with Gasteiger partial charge in [-0.3, -0.25) is 4.79 Å². The molecular weight excluding hydrogens is 599 g/mol. The highest BCUT2D eigenvalue weighted by atomic mass is 19.1. The summed E-state index contributed by atoms with van der Waals surface area (Å²) < 4.78 is 27.1. The summed E-state index contributed by atoms with van der Waals surface area (Å²) in [7, 11) is 1.61. The van der Waals surface area contributed by atoms with E-state index in [2.05, 4.69) is 55.9 Å². The first-order chi connectivity index (χ1) is 22.9. The summed E-state index contributed by atoms with van der Waals surface area (Å²) in [5, 5.41) is 7.38. The average Bonchev–Trinajstić information content (AvgIpc) is 3.53. The molecule has 0 radical (unpaired) electrons. The molecule has 0 bridgehead atoms. The normalized spacial score (nSPS) is 18.3. The Morgan fingerprint density at radius 2 is 1.81 bits per heavy atom. The summed E-state index contributed by atoms with van der Waals surface area (Å²) in [6.07, 6.45) is 8.27. The molecule has 1 amide bonds. The second kappa shape index (κ2) is 14.2. The van der Waals surface area contributed by atoms with Gasteiger partial charge in [0.15, 0.2) is 0 Å². The van der Waals surface area contributed by atoms with Crippen LogP contribution in [0.2, 0.25) is 0 Å². The van der Waals surface area contributed by atoms with Gasteiger partial charge in [0, 0.05) is 62.0 Å². The summed E-state index contributed by atoms with van der Waals surface area (Å²) in [4.78, 5) is 33.9. The van der Waals surface area contributed by atoms with E-state index >= 15 is 4.39 Å². The van der Waals surface area contributed by atoms with E-state index in [1.54, 1.807) is 36.4 Å². The van der Waals surface area contributed by atoms with Crippen LogP contribution >= 0.6 is 0 Å². The van der Waals surface area contributed by atoms with Crippen molar-refractivity contribution in [3.63, 3.8) is 0 Å². The molecule has 4 aromatic rings. The zero-order valence-corrected chi connectivity index (χ0v) is 27.1. The molecule has 6 rings (SSSR count). The van der Waals surface area contributed by atoms with Crippen molar-refractivity contribution in [2.75, 3.05) is 48.8 Å². The molecule has 2 saturated heterocycles. The fraction of sp³-hybridized carbons (Fsp3) is 0.400. The van der Waals surface area contributed by atoms with Crippen LogP contribution in [0.15, 0.2) is 61.6 Å². The Hall–Kier alpha value is -5.00.